The van der Waals surface area contributed by atoms with Gasteiger partial charge in [0, 0.05) is 29.5 Å². The Morgan fingerprint density at radius 3 is 2.44 bits per heavy atom. The van der Waals surface area contributed by atoms with Crippen LogP contribution in [0.25, 0.3) is 6.08 Å². The number of ketones is 1. The quantitative estimate of drug-likeness (QED) is 0.759. The highest BCUT2D eigenvalue weighted by Gasteiger charge is 2.38. The molecule has 2 aliphatic rings. The van der Waals surface area contributed by atoms with Gasteiger partial charge in [0.15, 0.2) is 11.9 Å². The molecule has 4 heteroatoms. The molecule has 0 saturated heterocycles. The predicted octanol–water partition coefficient (Wildman–Crippen LogP) is 5.13. The van der Waals surface area contributed by atoms with Gasteiger partial charge >= 0.3 is 0 Å². The summed E-state index contributed by atoms with van der Waals surface area (Å²) in [6.07, 6.45) is 2.67. The molecule has 0 aromatic heterocycles. The Morgan fingerprint density at radius 1 is 0.960 bits per heavy atom. The number of hydrogen-bond donors (Lipinski definition) is 0. The molecule has 1 aliphatic carbocycles. The van der Waals surface area contributed by atoms with E-state index in [2.05, 4.69) is 0 Å². The highest BCUT2D eigenvalue weighted by molar-refractivity contribution is 6.03. The summed E-state index contributed by atoms with van der Waals surface area (Å²) in [4.78, 5) is 12.5. The fourth-order valence-electron chi connectivity index (χ4n) is 3.42. The van der Waals surface area contributed by atoms with E-state index in [0.29, 0.717) is 47.3 Å². The predicted molar refractivity (Wildman–Crippen MR) is 90.5 cm³/mol. The van der Waals surface area contributed by atoms with E-state index in [9.17, 15) is 13.6 Å². The van der Waals surface area contributed by atoms with Gasteiger partial charge < -0.3 is 4.74 Å². The highest BCUT2D eigenvalue weighted by Crippen LogP contribution is 2.46. The topological polar surface area (TPSA) is 26.3 Å². The first-order chi connectivity index (χ1) is 12.1. The number of ether oxygens (including phenoxy) is 1. The SMILES string of the molecule is O=C1CCCC2=C1/C(=C/c1ccccc1F)C(c1ccccc1F)O2. The summed E-state index contributed by atoms with van der Waals surface area (Å²) in [6.45, 7) is 0. The number of Topliss-reactive ketones (excluding diaryl/α,β-unsaturated/α-hetero) is 1. The molecule has 1 unspecified atom stereocenters. The van der Waals surface area contributed by atoms with Gasteiger partial charge in [-0.05, 0) is 24.6 Å². The lowest BCUT2D eigenvalue weighted by molar-refractivity contribution is -0.115. The maximum atomic E-state index is 14.3. The second kappa shape index (κ2) is 6.28. The second-order valence-corrected chi connectivity index (χ2v) is 6.22. The minimum Gasteiger partial charge on any atom is -0.484 e. The van der Waals surface area contributed by atoms with Crippen LogP contribution in [0, 0.1) is 11.6 Å². The molecule has 2 aromatic carbocycles. The van der Waals surface area contributed by atoms with Crippen LogP contribution < -0.4 is 0 Å². The van der Waals surface area contributed by atoms with E-state index < -0.39 is 11.9 Å². The fraction of sp³-hybridized carbons (Fsp3) is 0.190. The molecule has 0 fully saturated rings. The van der Waals surface area contributed by atoms with E-state index in [-0.39, 0.29) is 11.6 Å². The summed E-state index contributed by atoms with van der Waals surface area (Å²) >= 11 is 0. The number of rotatable bonds is 2. The average molecular weight is 338 g/mol. The third kappa shape index (κ3) is 2.78. The summed E-state index contributed by atoms with van der Waals surface area (Å²) in [7, 11) is 0. The zero-order valence-corrected chi connectivity index (χ0v) is 13.5. The molecule has 0 N–H and O–H groups in total. The minimum absolute atomic E-state index is 0.0253. The normalized spacial score (nSPS) is 21.4. The van der Waals surface area contributed by atoms with E-state index in [4.69, 9.17) is 4.74 Å². The lowest BCUT2D eigenvalue weighted by Crippen LogP contribution is -2.10. The Kier molecular flexibility index (Phi) is 3.96. The number of carbonyl (C=O) groups excluding carboxylic acids is 1. The molecule has 25 heavy (non-hydrogen) atoms. The van der Waals surface area contributed by atoms with Crippen LogP contribution in [0.4, 0.5) is 8.78 Å². The van der Waals surface area contributed by atoms with Crippen LogP contribution >= 0.6 is 0 Å². The number of carbonyl (C=O) groups is 1. The standard InChI is InChI=1S/C21H16F2O2/c22-16-8-3-1-6-13(16)12-15-20-18(24)10-5-11-19(20)25-21(15)14-7-2-4-9-17(14)23/h1-4,6-9,12,21H,5,10-11H2/b15-12-. The molecule has 1 heterocycles. The van der Waals surface area contributed by atoms with Gasteiger partial charge in [0.05, 0.1) is 5.57 Å². The van der Waals surface area contributed by atoms with E-state index in [0.717, 1.165) is 0 Å². The Labute approximate surface area is 144 Å². The van der Waals surface area contributed by atoms with Gasteiger partial charge in [0.25, 0.3) is 0 Å². The van der Waals surface area contributed by atoms with Gasteiger partial charge in [-0.2, -0.15) is 0 Å². The van der Waals surface area contributed by atoms with Crippen molar-refractivity contribution in [2.45, 2.75) is 25.4 Å². The summed E-state index contributed by atoms with van der Waals surface area (Å²) in [5.41, 5.74) is 1.74. The molecule has 1 atom stereocenters. The molecule has 1 aliphatic heterocycles. The monoisotopic (exact) mass is 338 g/mol. The maximum absolute atomic E-state index is 14.3. The van der Waals surface area contributed by atoms with Gasteiger partial charge in [-0.3, -0.25) is 4.79 Å². The van der Waals surface area contributed by atoms with Crippen molar-refractivity contribution in [1.82, 2.24) is 0 Å². The van der Waals surface area contributed by atoms with Crippen LogP contribution in [-0.2, 0) is 9.53 Å². The van der Waals surface area contributed by atoms with Crippen LogP contribution in [-0.4, -0.2) is 5.78 Å². The number of benzene rings is 2. The largest absolute Gasteiger partial charge is 0.484 e. The number of halogens is 2. The Bertz CT molecular complexity index is 912. The van der Waals surface area contributed by atoms with Gasteiger partial charge in [-0.25, -0.2) is 8.78 Å². The van der Waals surface area contributed by atoms with Crippen molar-refractivity contribution in [3.05, 3.63) is 88.2 Å². The van der Waals surface area contributed by atoms with Crippen LogP contribution in [0.15, 0.2) is 65.4 Å². The van der Waals surface area contributed by atoms with Crippen LogP contribution in [0.3, 0.4) is 0 Å². The summed E-state index contributed by atoms with van der Waals surface area (Å²) in [5.74, 6) is -0.228. The number of allylic oxidation sites excluding steroid dienone is 1. The fourth-order valence-corrected chi connectivity index (χ4v) is 3.42. The zero-order valence-electron chi connectivity index (χ0n) is 13.5. The van der Waals surface area contributed by atoms with Crippen molar-refractivity contribution in [3.8, 4) is 0 Å². The van der Waals surface area contributed by atoms with Crippen LogP contribution in [0.5, 0.6) is 0 Å². The average Bonchev–Trinajstić information content (AvgIpc) is 2.97. The molecule has 126 valence electrons. The molecule has 4 rings (SSSR count). The lowest BCUT2D eigenvalue weighted by Gasteiger charge is -2.15. The molecule has 2 nitrogen and oxygen atoms in total. The molecule has 0 amide bonds. The van der Waals surface area contributed by atoms with Crippen LogP contribution in [0.1, 0.15) is 36.5 Å². The third-order valence-electron chi connectivity index (χ3n) is 4.60. The Morgan fingerprint density at radius 2 is 1.68 bits per heavy atom. The molecule has 0 saturated carbocycles. The van der Waals surface area contributed by atoms with Crippen molar-refractivity contribution < 1.29 is 18.3 Å². The molecular formula is C21H16F2O2. The Balaban J connectivity index is 1.87. The zero-order chi connectivity index (χ0) is 17.4. The van der Waals surface area contributed by atoms with Gasteiger partial charge in [0.1, 0.15) is 17.4 Å². The van der Waals surface area contributed by atoms with Crippen molar-refractivity contribution in [2.75, 3.05) is 0 Å². The van der Waals surface area contributed by atoms with Crippen LogP contribution in [0.2, 0.25) is 0 Å². The molecule has 0 spiro atoms. The van der Waals surface area contributed by atoms with E-state index in [1.54, 1.807) is 42.5 Å². The first-order valence-electron chi connectivity index (χ1n) is 8.29. The third-order valence-corrected chi connectivity index (χ3v) is 4.60. The Hall–Kier alpha value is -2.75. The molecule has 0 radical (unpaired) electrons. The second-order valence-electron chi connectivity index (χ2n) is 6.22. The van der Waals surface area contributed by atoms with Crippen molar-refractivity contribution in [1.29, 1.82) is 0 Å². The summed E-state index contributed by atoms with van der Waals surface area (Å²) in [6, 6.07) is 12.6. The summed E-state index contributed by atoms with van der Waals surface area (Å²) < 4.78 is 34.4. The van der Waals surface area contributed by atoms with E-state index in [1.165, 1.54) is 12.1 Å². The van der Waals surface area contributed by atoms with Gasteiger partial charge in [-0.15, -0.1) is 0 Å². The molecule has 2 aromatic rings. The molecular weight excluding hydrogens is 322 g/mol. The van der Waals surface area contributed by atoms with Crippen molar-refractivity contribution in [2.24, 2.45) is 0 Å². The minimum atomic E-state index is -0.729. The van der Waals surface area contributed by atoms with Crippen molar-refractivity contribution in [3.63, 3.8) is 0 Å². The van der Waals surface area contributed by atoms with E-state index >= 15 is 0 Å². The van der Waals surface area contributed by atoms with E-state index in [1.807, 2.05) is 0 Å². The van der Waals surface area contributed by atoms with Gasteiger partial charge in [0.2, 0.25) is 0 Å². The first kappa shape index (κ1) is 15.8. The maximum Gasteiger partial charge on any atom is 0.166 e. The molecule has 0 bridgehead atoms. The smallest absolute Gasteiger partial charge is 0.166 e. The highest BCUT2D eigenvalue weighted by atomic mass is 19.1. The number of hydrogen-bond acceptors (Lipinski definition) is 2. The summed E-state index contributed by atoms with van der Waals surface area (Å²) in [5, 5.41) is 0. The first-order valence-corrected chi connectivity index (χ1v) is 8.29. The lowest BCUT2D eigenvalue weighted by atomic mass is 9.87. The van der Waals surface area contributed by atoms with Crippen molar-refractivity contribution >= 4 is 11.9 Å². The van der Waals surface area contributed by atoms with Gasteiger partial charge in [-0.1, -0.05) is 36.4 Å².